The molecule has 7 heteroatoms. The quantitative estimate of drug-likeness (QED) is 0.273. The van der Waals surface area contributed by atoms with Gasteiger partial charge in [0.2, 0.25) is 0 Å². The maximum absolute atomic E-state index is 12.9. The smallest absolute Gasteiger partial charge is 0.343 e. The van der Waals surface area contributed by atoms with Gasteiger partial charge in [-0.3, -0.25) is 9.59 Å². The molecule has 0 fully saturated rings. The molecule has 3 aromatic carbocycles. The van der Waals surface area contributed by atoms with Crippen LogP contribution in [0.4, 0.5) is 11.4 Å². The minimum atomic E-state index is -0.597. The molecule has 0 bridgehead atoms. The zero-order chi connectivity index (χ0) is 25.3. The molecule has 1 heterocycles. The van der Waals surface area contributed by atoms with Gasteiger partial charge in [-0.05, 0) is 66.4 Å². The van der Waals surface area contributed by atoms with Crippen LogP contribution in [0.2, 0.25) is 0 Å². The van der Waals surface area contributed by atoms with Crippen LogP contribution in [0.3, 0.4) is 0 Å². The molecule has 3 aromatic rings. The van der Waals surface area contributed by atoms with E-state index >= 15 is 0 Å². The molecule has 0 atom stereocenters. The number of hydrogen-bond donors (Lipinski definition) is 1. The standard InChI is InChI=1S/C28H25ClN2O4/c1-17-5-13-21(14-6-17)31-25(32)23(29)24(26(31)33)30-20-11-7-18(8-12-20)27(34)35-22-15-9-19(10-16-22)28(2,3)4/h5-16,30H,1-4H3. The van der Waals surface area contributed by atoms with Crippen molar-refractivity contribution in [3.8, 4) is 5.75 Å². The Hall–Kier alpha value is -3.90. The van der Waals surface area contributed by atoms with Crippen molar-refractivity contribution < 1.29 is 19.1 Å². The SMILES string of the molecule is Cc1ccc(N2C(=O)C(Cl)=C(Nc3ccc(C(=O)Oc4ccc(C(C)(C)C)cc4)cc3)C2=O)cc1. The van der Waals surface area contributed by atoms with Gasteiger partial charge in [0.05, 0.1) is 11.3 Å². The fraction of sp³-hybridized carbons (Fsp3) is 0.179. The van der Waals surface area contributed by atoms with Crippen LogP contribution in [0, 0.1) is 6.92 Å². The molecule has 0 unspecified atom stereocenters. The highest BCUT2D eigenvalue weighted by atomic mass is 35.5. The lowest BCUT2D eigenvalue weighted by molar-refractivity contribution is -0.120. The number of carbonyl (C=O) groups is 3. The summed E-state index contributed by atoms with van der Waals surface area (Å²) < 4.78 is 5.47. The minimum absolute atomic E-state index is 0.00614. The zero-order valence-electron chi connectivity index (χ0n) is 19.9. The van der Waals surface area contributed by atoms with Crippen LogP contribution in [0.15, 0.2) is 83.5 Å². The Morgan fingerprint density at radius 2 is 1.46 bits per heavy atom. The number of aryl methyl sites for hydroxylation is 1. The maximum Gasteiger partial charge on any atom is 0.343 e. The second-order valence-corrected chi connectivity index (χ2v) is 9.71. The van der Waals surface area contributed by atoms with Crippen LogP contribution >= 0.6 is 11.6 Å². The predicted molar refractivity (Wildman–Crippen MR) is 137 cm³/mol. The summed E-state index contributed by atoms with van der Waals surface area (Å²) in [5, 5.41) is 2.71. The first-order valence-electron chi connectivity index (χ1n) is 11.1. The number of nitrogens with zero attached hydrogens (tertiary/aromatic N) is 1. The van der Waals surface area contributed by atoms with E-state index in [0.717, 1.165) is 16.0 Å². The van der Waals surface area contributed by atoms with Crippen molar-refractivity contribution in [2.24, 2.45) is 0 Å². The normalized spacial score (nSPS) is 13.9. The monoisotopic (exact) mass is 488 g/mol. The van der Waals surface area contributed by atoms with E-state index in [9.17, 15) is 14.4 Å². The Kier molecular flexibility index (Phi) is 6.50. The third kappa shape index (κ3) is 5.12. The van der Waals surface area contributed by atoms with Gasteiger partial charge in [-0.1, -0.05) is 62.2 Å². The van der Waals surface area contributed by atoms with Gasteiger partial charge >= 0.3 is 5.97 Å². The number of rotatable bonds is 5. The van der Waals surface area contributed by atoms with E-state index in [-0.39, 0.29) is 16.1 Å². The summed E-state index contributed by atoms with van der Waals surface area (Å²) in [4.78, 5) is 39.1. The minimum Gasteiger partial charge on any atom is -0.423 e. The van der Waals surface area contributed by atoms with Crippen molar-refractivity contribution in [3.05, 3.63) is 100 Å². The largest absolute Gasteiger partial charge is 0.423 e. The van der Waals surface area contributed by atoms with Gasteiger partial charge in [-0.15, -0.1) is 0 Å². The lowest BCUT2D eigenvalue weighted by atomic mass is 9.87. The van der Waals surface area contributed by atoms with Gasteiger partial charge in [0.1, 0.15) is 16.5 Å². The number of amides is 2. The second-order valence-electron chi connectivity index (χ2n) is 9.34. The third-order valence-electron chi connectivity index (χ3n) is 5.64. The molecular formula is C28H25ClN2O4. The van der Waals surface area contributed by atoms with E-state index in [2.05, 4.69) is 26.1 Å². The van der Waals surface area contributed by atoms with Crippen molar-refractivity contribution in [3.63, 3.8) is 0 Å². The molecule has 4 rings (SSSR count). The first-order valence-corrected chi connectivity index (χ1v) is 11.5. The van der Waals surface area contributed by atoms with Crippen LogP contribution in [0.25, 0.3) is 0 Å². The average molecular weight is 489 g/mol. The van der Waals surface area contributed by atoms with Crippen molar-refractivity contribution in [2.75, 3.05) is 10.2 Å². The van der Waals surface area contributed by atoms with Gasteiger partial charge in [0, 0.05) is 5.69 Å². The average Bonchev–Trinajstić information content (AvgIpc) is 3.03. The molecule has 0 aromatic heterocycles. The Balaban J connectivity index is 1.44. The number of imide groups is 1. The number of esters is 1. The number of halogens is 1. The molecule has 2 amide bonds. The van der Waals surface area contributed by atoms with Crippen molar-refractivity contribution >= 4 is 40.8 Å². The van der Waals surface area contributed by atoms with Crippen LogP contribution in [-0.2, 0) is 15.0 Å². The molecule has 0 radical (unpaired) electrons. The van der Waals surface area contributed by atoms with Crippen LogP contribution in [-0.4, -0.2) is 17.8 Å². The van der Waals surface area contributed by atoms with Crippen LogP contribution in [0.5, 0.6) is 5.75 Å². The first kappa shape index (κ1) is 24.2. The maximum atomic E-state index is 12.9. The summed E-state index contributed by atoms with van der Waals surface area (Å²) in [5.74, 6) is -1.20. The van der Waals surface area contributed by atoms with E-state index in [0.29, 0.717) is 22.7 Å². The summed E-state index contributed by atoms with van der Waals surface area (Å²) in [6.07, 6.45) is 0. The lowest BCUT2D eigenvalue weighted by Gasteiger charge is -2.19. The van der Waals surface area contributed by atoms with Crippen LogP contribution in [0.1, 0.15) is 42.3 Å². The highest BCUT2D eigenvalue weighted by Crippen LogP contribution is 2.30. The Bertz CT molecular complexity index is 1320. The fourth-order valence-electron chi connectivity index (χ4n) is 3.56. The Morgan fingerprint density at radius 3 is 2.03 bits per heavy atom. The number of benzene rings is 3. The van der Waals surface area contributed by atoms with E-state index < -0.39 is 17.8 Å². The molecule has 0 saturated heterocycles. The van der Waals surface area contributed by atoms with E-state index in [1.54, 1.807) is 48.5 Å². The molecular weight excluding hydrogens is 464 g/mol. The van der Waals surface area contributed by atoms with Crippen molar-refractivity contribution in [2.45, 2.75) is 33.1 Å². The molecule has 1 aliphatic heterocycles. The topological polar surface area (TPSA) is 75.7 Å². The molecule has 0 saturated carbocycles. The number of nitrogens with one attached hydrogen (secondary N) is 1. The zero-order valence-corrected chi connectivity index (χ0v) is 20.6. The fourth-order valence-corrected chi connectivity index (χ4v) is 3.78. The summed E-state index contributed by atoms with van der Waals surface area (Å²) in [6, 6.07) is 20.8. The van der Waals surface area contributed by atoms with E-state index in [1.807, 2.05) is 31.2 Å². The van der Waals surface area contributed by atoms with E-state index in [4.69, 9.17) is 16.3 Å². The highest BCUT2D eigenvalue weighted by molar-refractivity contribution is 6.53. The van der Waals surface area contributed by atoms with Crippen LogP contribution < -0.4 is 15.0 Å². The third-order valence-corrected chi connectivity index (χ3v) is 5.99. The molecule has 1 aliphatic rings. The molecule has 178 valence electrons. The molecule has 0 aliphatic carbocycles. The van der Waals surface area contributed by atoms with Gasteiger partial charge < -0.3 is 10.1 Å². The summed E-state index contributed by atoms with van der Waals surface area (Å²) in [7, 11) is 0. The number of ether oxygens (including phenoxy) is 1. The van der Waals surface area contributed by atoms with Crippen molar-refractivity contribution in [1.29, 1.82) is 0 Å². The Morgan fingerprint density at radius 1 is 0.857 bits per heavy atom. The molecule has 35 heavy (non-hydrogen) atoms. The van der Waals surface area contributed by atoms with E-state index in [1.165, 1.54) is 0 Å². The summed E-state index contributed by atoms with van der Waals surface area (Å²) in [6.45, 7) is 8.25. The number of hydrogen-bond acceptors (Lipinski definition) is 5. The summed E-state index contributed by atoms with van der Waals surface area (Å²) >= 11 is 6.19. The second kappa shape index (κ2) is 9.39. The molecule has 1 N–H and O–H groups in total. The number of anilines is 2. The van der Waals surface area contributed by atoms with Gasteiger partial charge in [0.25, 0.3) is 11.8 Å². The number of carbonyl (C=O) groups excluding carboxylic acids is 3. The molecule has 6 nitrogen and oxygen atoms in total. The van der Waals surface area contributed by atoms with Gasteiger partial charge in [-0.2, -0.15) is 0 Å². The predicted octanol–water partition coefficient (Wildman–Crippen LogP) is 5.95. The summed E-state index contributed by atoms with van der Waals surface area (Å²) in [5.41, 5.74) is 3.40. The molecule has 0 spiro atoms. The lowest BCUT2D eigenvalue weighted by Crippen LogP contribution is -2.32. The Labute approximate surface area is 209 Å². The van der Waals surface area contributed by atoms with Gasteiger partial charge in [0.15, 0.2) is 0 Å². The first-order chi connectivity index (χ1) is 16.5. The van der Waals surface area contributed by atoms with Gasteiger partial charge in [-0.25, -0.2) is 9.69 Å². The highest BCUT2D eigenvalue weighted by Gasteiger charge is 2.38. The van der Waals surface area contributed by atoms with Crippen molar-refractivity contribution in [1.82, 2.24) is 0 Å².